The first-order valence-electron chi connectivity index (χ1n) is 12.8. The number of piperidine rings is 1. The number of nitrogens with zero attached hydrogens (tertiary/aromatic N) is 4. The van der Waals surface area contributed by atoms with Crippen molar-refractivity contribution in [2.24, 2.45) is 0 Å². The van der Waals surface area contributed by atoms with Crippen LogP contribution in [0.4, 0.5) is 10.6 Å². The number of hydrogen-bond donors (Lipinski definition) is 1. The lowest BCUT2D eigenvalue weighted by Crippen LogP contribution is -2.49. The molecule has 0 spiro atoms. The third-order valence-electron chi connectivity index (χ3n) is 6.17. The normalized spacial score (nSPS) is 15.4. The molecule has 3 aromatic rings. The van der Waals surface area contributed by atoms with E-state index in [0.717, 1.165) is 12.8 Å². The molecule has 0 aliphatic carbocycles. The van der Waals surface area contributed by atoms with E-state index in [-0.39, 0.29) is 17.5 Å². The van der Waals surface area contributed by atoms with Crippen molar-refractivity contribution in [3.05, 3.63) is 53.7 Å². The molecule has 1 atom stereocenters. The Bertz CT molecular complexity index is 1290. The highest BCUT2D eigenvalue weighted by Gasteiger charge is 2.31. The molecule has 39 heavy (non-hydrogen) atoms. The zero-order chi connectivity index (χ0) is 28.2. The van der Waals surface area contributed by atoms with Crippen LogP contribution in [0, 0.1) is 0 Å². The Morgan fingerprint density at radius 1 is 0.974 bits per heavy atom. The summed E-state index contributed by atoms with van der Waals surface area (Å²) in [5, 5.41) is 12.3. The number of methoxy groups -OCH3 is 3. The Kier molecular flexibility index (Phi) is 8.27. The van der Waals surface area contributed by atoms with Crippen LogP contribution in [-0.2, 0) is 4.74 Å². The van der Waals surface area contributed by atoms with Crippen LogP contribution < -0.4 is 24.4 Å². The Hall–Kier alpha value is -4.28. The van der Waals surface area contributed by atoms with Gasteiger partial charge in [0.1, 0.15) is 5.60 Å². The number of ketones is 1. The molecule has 1 saturated heterocycles. The molecule has 11 heteroatoms. The Morgan fingerprint density at radius 3 is 2.23 bits per heavy atom. The molecule has 0 radical (unpaired) electrons. The molecule has 0 saturated carbocycles. The van der Waals surface area contributed by atoms with Crippen LogP contribution in [0.15, 0.2) is 42.5 Å². The molecular formula is C28H35N5O6. The van der Waals surface area contributed by atoms with E-state index >= 15 is 0 Å². The van der Waals surface area contributed by atoms with Gasteiger partial charge >= 0.3 is 6.09 Å². The first-order chi connectivity index (χ1) is 18.6. The van der Waals surface area contributed by atoms with Crippen LogP contribution in [0.25, 0.3) is 5.69 Å². The van der Waals surface area contributed by atoms with Gasteiger partial charge in [-0.3, -0.25) is 4.79 Å². The minimum Gasteiger partial charge on any atom is -0.493 e. The number of carbonyl (C=O) groups is 2. The van der Waals surface area contributed by atoms with E-state index in [2.05, 4.69) is 10.4 Å². The predicted molar refractivity (Wildman–Crippen MR) is 145 cm³/mol. The average Bonchev–Trinajstić information content (AvgIpc) is 3.37. The van der Waals surface area contributed by atoms with Crippen molar-refractivity contribution in [2.75, 3.05) is 39.3 Å². The molecule has 2 aromatic carbocycles. The highest BCUT2D eigenvalue weighted by Crippen LogP contribution is 2.39. The number of alkyl carbamates (subject to hydrolysis) is 1. The number of nitrogens with one attached hydrogen (secondary N) is 1. The van der Waals surface area contributed by atoms with E-state index in [1.54, 1.807) is 12.1 Å². The fraction of sp³-hybridized carbons (Fsp3) is 0.429. The minimum atomic E-state index is -0.600. The van der Waals surface area contributed by atoms with E-state index in [9.17, 15) is 9.59 Å². The largest absolute Gasteiger partial charge is 0.493 e. The van der Waals surface area contributed by atoms with Crippen LogP contribution in [0.3, 0.4) is 0 Å². The van der Waals surface area contributed by atoms with Gasteiger partial charge in [-0.1, -0.05) is 18.2 Å². The summed E-state index contributed by atoms with van der Waals surface area (Å²) in [6.45, 7) is 6.56. The summed E-state index contributed by atoms with van der Waals surface area (Å²) in [6.07, 6.45) is 1.09. The lowest BCUT2D eigenvalue weighted by molar-refractivity contribution is 0.0499. The number of hydrogen-bond acceptors (Lipinski definition) is 9. The maximum absolute atomic E-state index is 13.9. The number of rotatable bonds is 8. The van der Waals surface area contributed by atoms with Crippen molar-refractivity contribution in [3.8, 4) is 22.9 Å². The molecular weight excluding hydrogens is 502 g/mol. The van der Waals surface area contributed by atoms with Gasteiger partial charge in [0.2, 0.25) is 11.5 Å². The molecule has 11 nitrogen and oxygen atoms in total. The molecule has 4 rings (SSSR count). The van der Waals surface area contributed by atoms with Crippen molar-refractivity contribution in [2.45, 2.75) is 45.3 Å². The van der Waals surface area contributed by atoms with E-state index in [4.69, 9.17) is 24.0 Å². The highest BCUT2D eigenvalue weighted by molar-refractivity contribution is 6.11. The SMILES string of the molecule is COc1cc(C(=O)c2nn(-c3ccccc3)nc2N2CCCC(NC(=O)OC(C)(C)C)C2)cc(OC)c1OC. The van der Waals surface area contributed by atoms with Gasteiger partial charge in [0.15, 0.2) is 23.0 Å². The maximum atomic E-state index is 13.9. The van der Waals surface area contributed by atoms with Crippen LogP contribution >= 0.6 is 0 Å². The van der Waals surface area contributed by atoms with Crippen molar-refractivity contribution in [3.63, 3.8) is 0 Å². The summed E-state index contributed by atoms with van der Waals surface area (Å²) >= 11 is 0. The summed E-state index contributed by atoms with van der Waals surface area (Å²) < 4.78 is 21.7. The quantitative estimate of drug-likeness (QED) is 0.425. The predicted octanol–water partition coefficient (Wildman–Crippen LogP) is 4.02. The number of benzene rings is 2. The number of carbonyl (C=O) groups excluding carboxylic acids is 2. The van der Waals surface area contributed by atoms with Crippen LogP contribution in [0.2, 0.25) is 0 Å². The highest BCUT2D eigenvalue weighted by atomic mass is 16.6. The molecule has 208 valence electrons. The number of amides is 1. The second-order valence-electron chi connectivity index (χ2n) is 10.2. The monoisotopic (exact) mass is 537 g/mol. The molecule has 1 amide bonds. The van der Waals surface area contributed by atoms with Gasteiger partial charge in [-0.05, 0) is 57.9 Å². The van der Waals surface area contributed by atoms with E-state index in [0.29, 0.717) is 47.4 Å². The first-order valence-corrected chi connectivity index (χ1v) is 12.8. The third kappa shape index (κ3) is 6.42. The van der Waals surface area contributed by atoms with Crippen LogP contribution in [0.5, 0.6) is 17.2 Å². The first kappa shape index (κ1) is 27.7. The minimum absolute atomic E-state index is 0.172. The smallest absolute Gasteiger partial charge is 0.407 e. The fourth-order valence-electron chi connectivity index (χ4n) is 4.45. The Balaban J connectivity index is 1.70. The second-order valence-corrected chi connectivity index (χ2v) is 10.2. The molecule has 1 unspecified atom stereocenters. The molecule has 2 heterocycles. The molecule has 1 aliphatic heterocycles. The van der Waals surface area contributed by atoms with Gasteiger partial charge in [0.25, 0.3) is 0 Å². The van der Waals surface area contributed by atoms with Gasteiger partial charge in [-0.25, -0.2) is 4.79 Å². The zero-order valence-corrected chi connectivity index (χ0v) is 23.2. The lowest BCUT2D eigenvalue weighted by Gasteiger charge is -2.33. The topological polar surface area (TPSA) is 117 Å². The number of anilines is 1. The summed E-state index contributed by atoms with van der Waals surface area (Å²) in [6, 6.07) is 12.4. The van der Waals surface area contributed by atoms with Gasteiger partial charge < -0.3 is 29.2 Å². The summed E-state index contributed by atoms with van der Waals surface area (Å²) in [4.78, 5) is 29.8. The van der Waals surface area contributed by atoms with E-state index < -0.39 is 11.7 Å². The summed E-state index contributed by atoms with van der Waals surface area (Å²) in [7, 11) is 4.49. The zero-order valence-electron chi connectivity index (χ0n) is 23.2. The number of ether oxygens (including phenoxy) is 4. The van der Waals surface area contributed by atoms with Crippen molar-refractivity contribution >= 4 is 17.7 Å². The van der Waals surface area contributed by atoms with Crippen molar-refractivity contribution in [1.29, 1.82) is 0 Å². The number of aromatic nitrogens is 3. The van der Waals surface area contributed by atoms with Gasteiger partial charge in [-0.2, -0.15) is 0 Å². The Morgan fingerprint density at radius 2 is 1.64 bits per heavy atom. The summed E-state index contributed by atoms with van der Waals surface area (Å²) in [5.41, 5.74) is 0.595. The standard InChI is InChI=1S/C28H35N5O6/c1-28(2,3)39-27(35)29-19-11-10-14-32(17-19)26-23(30-33(31-26)20-12-8-7-9-13-20)24(34)18-15-21(36-4)25(38-6)22(16-18)37-5/h7-9,12-13,15-16,19H,10-11,14,17H2,1-6H3,(H,29,35). The van der Waals surface area contributed by atoms with E-state index in [1.165, 1.54) is 26.1 Å². The van der Waals surface area contributed by atoms with Crippen molar-refractivity contribution in [1.82, 2.24) is 20.3 Å². The van der Waals surface area contributed by atoms with Crippen LogP contribution in [-0.4, -0.2) is 72.9 Å². The molecule has 1 aromatic heterocycles. The van der Waals surface area contributed by atoms with Gasteiger partial charge in [-0.15, -0.1) is 15.0 Å². The van der Waals surface area contributed by atoms with Gasteiger partial charge in [0.05, 0.1) is 27.0 Å². The van der Waals surface area contributed by atoms with E-state index in [1.807, 2.05) is 56.0 Å². The fourth-order valence-corrected chi connectivity index (χ4v) is 4.45. The second kappa shape index (κ2) is 11.6. The average molecular weight is 538 g/mol. The molecule has 1 aliphatic rings. The summed E-state index contributed by atoms with van der Waals surface area (Å²) in [5.74, 6) is 1.17. The van der Waals surface area contributed by atoms with Crippen molar-refractivity contribution < 1.29 is 28.5 Å². The molecule has 0 bridgehead atoms. The Labute approximate surface area is 228 Å². The third-order valence-corrected chi connectivity index (χ3v) is 6.17. The lowest BCUT2D eigenvalue weighted by atomic mass is 10.0. The van der Waals surface area contributed by atoms with Crippen LogP contribution in [0.1, 0.15) is 49.7 Å². The maximum Gasteiger partial charge on any atom is 0.407 e. The number of para-hydroxylation sites is 1. The molecule has 1 N–H and O–H groups in total. The van der Waals surface area contributed by atoms with Gasteiger partial charge in [0, 0.05) is 24.7 Å². The molecule has 1 fully saturated rings.